The van der Waals surface area contributed by atoms with Crippen molar-refractivity contribution in [2.24, 2.45) is 0 Å². The van der Waals surface area contributed by atoms with E-state index < -0.39 is 0 Å². The predicted molar refractivity (Wildman–Crippen MR) is 109 cm³/mol. The Morgan fingerprint density at radius 1 is 0.964 bits per heavy atom. The van der Waals surface area contributed by atoms with E-state index in [2.05, 4.69) is 5.32 Å². The lowest BCUT2D eigenvalue weighted by Gasteiger charge is -2.14. The van der Waals surface area contributed by atoms with Crippen molar-refractivity contribution in [3.63, 3.8) is 0 Å². The molecule has 1 aliphatic rings. The first-order valence-electron chi connectivity index (χ1n) is 8.89. The highest BCUT2D eigenvalue weighted by Crippen LogP contribution is 2.35. The first kappa shape index (κ1) is 18.3. The fourth-order valence-corrected chi connectivity index (χ4v) is 3.11. The molecule has 0 amide bonds. The smallest absolute Gasteiger partial charge is 0.231 e. The number of rotatable bonds is 7. The number of benzene rings is 3. The number of methoxy groups -OCH3 is 1. The topological polar surface area (TPSA) is 49.0 Å². The third-order valence-electron chi connectivity index (χ3n) is 4.44. The van der Waals surface area contributed by atoms with E-state index in [1.54, 1.807) is 7.11 Å². The molecule has 5 nitrogen and oxygen atoms in total. The van der Waals surface area contributed by atoms with Crippen LogP contribution in [-0.2, 0) is 13.2 Å². The van der Waals surface area contributed by atoms with Crippen molar-refractivity contribution in [2.75, 3.05) is 19.2 Å². The second-order valence-electron chi connectivity index (χ2n) is 6.29. The molecule has 0 atom stereocenters. The quantitative estimate of drug-likeness (QED) is 0.588. The van der Waals surface area contributed by atoms with Gasteiger partial charge in [0.05, 0.1) is 7.11 Å². The van der Waals surface area contributed by atoms with Crippen LogP contribution in [0.15, 0.2) is 60.7 Å². The summed E-state index contributed by atoms with van der Waals surface area (Å²) >= 11 is 6.19. The molecule has 6 heteroatoms. The van der Waals surface area contributed by atoms with Crippen LogP contribution in [0, 0.1) is 0 Å². The lowest BCUT2D eigenvalue weighted by atomic mass is 10.2. The SMILES string of the molecule is COc1cc(CNc2ccc3c(c2)OCO3)ccc1OCc1ccccc1Cl. The Morgan fingerprint density at radius 2 is 1.82 bits per heavy atom. The van der Waals surface area contributed by atoms with Gasteiger partial charge in [0, 0.05) is 28.9 Å². The number of fused-ring (bicyclic) bond motifs is 1. The van der Waals surface area contributed by atoms with Crippen molar-refractivity contribution < 1.29 is 18.9 Å². The summed E-state index contributed by atoms with van der Waals surface area (Å²) in [6, 6.07) is 19.3. The van der Waals surface area contributed by atoms with Gasteiger partial charge in [-0.05, 0) is 35.9 Å². The van der Waals surface area contributed by atoms with Crippen molar-refractivity contribution in [3.05, 3.63) is 76.8 Å². The van der Waals surface area contributed by atoms with Crippen molar-refractivity contribution in [1.82, 2.24) is 0 Å². The maximum Gasteiger partial charge on any atom is 0.231 e. The minimum absolute atomic E-state index is 0.269. The van der Waals surface area contributed by atoms with Gasteiger partial charge in [0.15, 0.2) is 23.0 Å². The van der Waals surface area contributed by atoms with Crippen LogP contribution < -0.4 is 24.3 Å². The molecule has 0 unspecified atom stereocenters. The summed E-state index contributed by atoms with van der Waals surface area (Å²) in [7, 11) is 1.63. The Hall–Kier alpha value is -3.05. The van der Waals surface area contributed by atoms with Gasteiger partial charge in [0.25, 0.3) is 0 Å². The van der Waals surface area contributed by atoms with Crippen molar-refractivity contribution in [3.8, 4) is 23.0 Å². The largest absolute Gasteiger partial charge is 0.493 e. The first-order valence-corrected chi connectivity index (χ1v) is 9.27. The van der Waals surface area contributed by atoms with E-state index in [9.17, 15) is 0 Å². The van der Waals surface area contributed by atoms with E-state index in [0.717, 1.165) is 28.3 Å². The summed E-state index contributed by atoms with van der Waals surface area (Å²) in [5.41, 5.74) is 2.96. The Bertz CT molecular complexity index is 977. The average molecular weight is 398 g/mol. The van der Waals surface area contributed by atoms with Gasteiger partial charge >= 0.3 is 0 Å². The number of hydrogen-bond donors (Lipinski definition) is 1. The molecule has 4 rings (SSSR count). The third kappa shape index (κ3) is 4.10. The van der Waals surface area contributed by atoms with Gasteiger partial charge in [0.2, 0.25) is 6.79 Å². The van der Waals surface area contributed by atoms with Crippen molar-refractivity contribution in [1.29, 1.82) is 0 Å². The molecule has 0 aromatic heterocycles. The van der Waals surface area contributed by atoms with Gasteiger partial charge in [-0.1, -0.05) is 35.9 Å². The predicted octanol–water partition coefficient (Wildman–Crippen LogP) is 5.27. The zero-order valence-corrected chi connectivity index (χ0v) is 16.2. The molecule has 0 saturated heterocycles. The molecule has 1 aliphatic heterocycles. The Kier molecular flexibility index (Phi) is 5.44. The Labute approximate surface area is 168 Å². The molecule has 0 aliphatic carbocycles. The van der Waals surface area contributed by atoms with Crippen molar-refractivity contribution >= 4 is 17.3 Å². The van der Waals surface area contributed by atoms with E-state index in [1.165, 1.54) is 0 Å². The summed E-state index contributed by atoms with van der Waals surface area (Å²) < 4.78 is 22.1. The van der Waals surface area contributed by atoms with Crippen LogP contribution in [0.3, 0.4) is 0 Å². The lowest BCUT2D eigenvalue weighted by Crippen LogP contribution is -2.02. The third-order valence-corrected chi connectivity index (χ3v) is 4.81. The molecule has 144 valence electrons. The normalized spacial score (nSPS) is 11.9. The number of halogens is 1. The van der Waals surface area contributed by atoms with Crippen LogP contribution in [0.5, 0.6) is 23.0 Å². The zero-order valence-electron chi connectivity index (χ0n) is 15.4. The van der Waals surface area contributed by atoms with Crippen LogP contribution >= 0.6 is 11.6 Å². The molecule has 0 saturated carbocycles. The van der Waals surface area contributed by atoms with Crippen LogP contribution in [0.2, 0.25) is 5.02 Å². The maximum atomic E-state index is 6.19. The summed E-state index contributed by atoms with van der Waals surface area (Å²) in [4.78, 5) is 0. The number of hydrogen-bond acceptors (Lipinski definition) is 5. The second kappa shape index (κ2) is 8.31. The molecule has 3 aromatic rings. The molecule has 0 radical (unpaired) electrons. The van der Waals surface area contributed by atoms with Crippen LogP contribution in [0.4, 0.5) is 5.69 Å². The van der Waals surface area contributed by atoms with Gasteiger partial charge in [-0.25, -0.2) is 0 Å². The fraction of sp³-hybridized carbons (Fsp3) is 0.182. The molecule has 0 fully saturated rings. The molecule has 3 aromatic carbocycles. The minimum atomic E-state index is 0.269. The first-order chi connectivity index (χ1) is 13.7. The Balaban J connectivity index is 1.41. The number of nitrogens with one attached hydrogen (secondary N) is 1. The standard InChI is InChI=1S/C22H20ClNO4/c1-25-21-10-15(12-24-17-7-9-20-22(11-17)28-14-27-20)6-8-19(21)26-13-16-4-2-3-5-18(16)23/h2-11,24H,12-14H2,1H3. The van der Waals surface area contributed by atoms with E-state index in [1.807, 2.05) is 60.7 Å². The van der Waals surface area contributed by atoms with E-state index in [0.29, 0.717) is 29.7 Å². The lowest BCUT2D eigenvalue weighted by molar-refractivity contribution is 0.174. The highest BCUT2D eigenvalue weighted by Gasteiger charge is 2.13. The van der Waals surface area contributed by atoms with Gasteiger partial charge in [0.1, 0.15) is 6.61 Å². The second-order valence-corrected chi connectivity index (χ2v) is 6.69. The minimum Gasteiger partial charge on any atom is -0.493 e. The molecular weight excluding hydrogens is 378 g/mol. The molecule has 1 N–H and O–H groups in total. The van der Waals surface area contributed by atoms with E-state index >= 15 is 0 Å². The molecule has 1 heterocycles. The van der Waals surface area contributed by atoms with Crippen molar-refractivity contribution in [2.45, 2.75) is 13.2 Å². The van der Waals surface area contributed by atoms with Gasteiger partial charge < -0.3 is 24.3 Å². The number of ether oxygens (including phenoxy) is 4. The van der Waals surface area contributed by atoms with Crippen LogP contribution in [0.1, 0.15) is 11.1 Å². The molecule has 28 heavy (non-hydrogen) atoms. The monoisotopic (exact) mass is 397 g/mol. The van der Waals surface area contributed by atoms with Gasteiger partial charge in [-0.2, -0.15) is 0 Å². The summed E-state index contributed by atoms with van der Waals surface area (Å²) in [6.07, 6.45) is 0. The zero-order chi connectivity index (χ0) is 19.3. The summed E-state index contributed by atoms with van der Waals surface area (Å²) in [6.45, 7) is 1.29. The van der Waals surface area contributed by atoms with E-state index in [4.69, 9.17) is 30.5 Å². The van der Waals surface area contributed by atoms with Gasteiger partial charge in [-0.15, -0.1) is 0 Å². The summed E-state index contributed by atoms with van der Waals surface area (Å²) in [5.74, 6) is 2.88. The highest BCUT2D eigenvalue weighted by molar-refractivity contribution is 6.31. The number of anilines is 1. The van der Waals surface area contributed by atoms with Crippen LogP contribution in [0.25, 0.3) is 0 Å². The summed E-state index contributed by atoms with van der Waals surface area (Å²) in [5, 5.41) is 4.06. The average Bonchev–Trinajstić information content (AvgIpc) is 3.20. The van der Waals surface area contributed by atoms with E-state index in [-0.39, 0.29) is 6.79 Å². The molecular formula is C22H20ClNO4. The Morgan fingerprint density at radius 3 is 2.68 bits per heavy atom. The molecule has 0 bridgehead atoms. The molecule has 0 spiro atoms. The van der Waals surface area contributed by atoms with Gasteiger partial charge in [-0.3, -0.25) is 0 Å². The maximum absolute atomic E-state index is 6.19. The highest BCUT2D eigenvalue weighted by atomic mass is 35.5. The van der Waals surface area contributed by atoms with Crippen LogP contribution in [-0.4, -0.2) is 13.9 Å². The fourth-order valence-electron chi connectivity index (χ4n) is 2.92.